The summed E-state index contributed by atoms with van der Waals surface area (Å²) in [6.45, 7) is 4.87. The molecule has 1 aliphatic rings. The Labute approximate surface area is 288 Å². The maximum atomic E-state index is 13.6. The highest BCUT2D eigenvalue weighted by Gasteiger charge is 2.28. The number of aryl methyl sites for hydroxylation is 2. The Morgan fingerprint density at radius 1 is 0.898 bits per heavy atom. The molecular formula is C38H48N4O7. The first-order chi connectivity index (χ1) is 23.8. The molecule has 11 nitrogen and oxygen atoms in total. The maximum Gasteiger partial charge on any atom is 0.408 e. The zero-order valence-corrected chi connectivity index (χ0v) is 28.1. The summed E-state index contributed by atoms with van der Waals surface area (Å²) in [6.07, 6.45) is 2.74. The number of carboxylic acid groups (broad SMARTS) is 1. The number of hydrogen-bond acceptors (Lipinski definition) is 7. The molecule has 0 saturated carbocycles. The molecule has 4 rings (SSSR count). The molecule has 1 fully saturated rings. The summed E-state index contributed by atoms with van der Waals surface area (Å²) >= 11 is 0. The number of benzene rings is 3. The SMILES string of the molecule is Cc1ccc(OCCC2CCCNC2)cc1CNC(=O)[C@H](CCc1ccccc1)NC(=O)[C@H](CCC(=O)O)NC(=O)OCc1ccccc1. The normalized spacial score (nSPS) is 15.3. The van der Waals surface area contributed by atoms with Crippen LogP contribution >= 0.6 is 0 Å². The van der Waals surface area contributed by atoms with E-state index in [4.69, 9.17) is 9.47 Å². The van der Waals surface area contributed by atoms with Crippen molar-refractivity contribution in [3.8, 4) is 5.75 Å². The van der Waals surface area contributed by atoms with Gasteiger partial charge in [-0.25, -0.2) is 4.79 Å². The highest BCUT2D eigenvalue weighted by atomic mass is 16.5. The first-order valence-electron chi connectivity index (χ1n) is 17.0. The van der Waals surface area contributed by atoms with Crippen molar-refractivity contribution in [2.24, 2.45) is 5.92 Å². The Kier molecular flexibility index (Phi) is 14.9. The number of alkyl carbamates (subject to hydrolysis) is 1. The molecule has 49 heavy (non-hydrogen) atoms. The lowest BCUT2D eigenvalue weighted by atomic mass is 9.97. The van der Waals surface area contributed by atoms with Crippen molar-refractivity contribution in [1.82, 2.24) is 21.3 Å². The van der Waals surface area contributed by atoms with Crippen molar-refractivity contribution in [3.05, 3.63) is 101 Å². The molecule has 3 atom stereocenters. The van der Waals surface area contributed by atoms with Gasteiger partial charge in [0.1, 0.15) is 24.4 Å². The molecule has 5 N–H and O–H groups in total. The summed E-state index contributed by atoms with van der Waals surface area (Å²) in [5.74, 6) is -0.851. The fraction of sp³-hybridized carbons (Fsp3) is 0.421. The molecule has 1 saturated heterocycles. The Morgan fingerprint density at radius 3 is 2.31 bits per heavy atom. The van der Waals surface area contributed by atoms with E-state index in [9.17, 15) is 24.3 Å². The van der Waals surface area contributed by atoms with Crippen LogP contribution in [0.2, 0.25) is 0 Å². The van der Waals surface area contributed by atoms with Gasteiger partial charge in [0.15, 0.2) is 0 Å². The number of carboxylic acids is 1. The minimum absolute atomic E-state index is 0.0221. The van der Waals surface area contributed by atoms with Gasteiger partial charge in [-0.2, -0.15) is 0 Å². The molecule has 3 aromatic carbocycles. The van der Waals surface area contributed by atoms with Crippen molar-refractivity contribution < 1.29 is 33.8 Å². The highest BCUT2D eigenvalue weighted by molar-refractivity contribution is 5.91. The molecule has 1 heterocycles. The van der Waals surface area contributed by atoms with E-state index in [1.54, 1.807) is 12.1 Å². The lowest BCUT2D eigenvalue weighted by Gasteiger charge is -2.23. The molecule has 0 spiro atoms. The fourth-order valence-corrected chi connectivity index (χ4v) is 5.69. The van der Waals surface area contributed by atoms with Gasteiger partial charge in [0, 0.05) is 13.0 Å². The number of nitrogens with one attached hydrogen (secondary N) is 4. The molecule has 3 amide bonds. The lowest BCUT2D eigenvalue weighted by molar-refractivity contribution is -0.137. The van der Waals surface area contributed by atoms with Gasteiger partial charge in [-0.3, -0.25) is 14.4 Å². The molecule has 0 radical (unpaired) electrons. The van der Waals surface area contributed by atoms with Gasteiger partial charge < -0.3 is 35.8 Å². The van der Waals surface area contributed by atoms with Gasteiger partial charge in [0.05, 0.1) is 6.61 Å². The summed E-state index contributed by atoms with van der Waals surface area (Å²) in [5, 5.41) is 20.9. The van der Waals surface area contributed by atoms with Crippen LogP contribution in [0.1, 0.15) is 60.8 Å². The van der Waals surface area contributed by atoms with E-state index in [-0.39, 0.29) is 32.4 Å². The number of carbonyl (C=O) groups excluding carboxylic acids is 3. The number of aliphatic carboxylic acids is 1. The van der Waals surface area contributed by atoms with Crippen molar-refractivity contribution in [1.29, 1.82) is 0 Å². The second-order valence-electron chi connectivity index (χ2n) is 12.4. The minimum Gasteiger partial charge on any atom is -0.494 e. The Bertz CT molecular complexity index is 1500. The van der Waals surface area contributed by atoms with Crippen molar-refractivity contribution >= 4 is 23.9 Å². The maximum absolute atomic E-state index is 13.6. The largest absolute Gasteiger partial charge is 0.494 e. The smallest absolute Gasteiger partial charge is 0.408 e. The highest BCUT2D eigenvalue weighted by Crippen LogP contribution is 2.20. The third-order valence-electron chi connectivity index (χ3n) is 8.63. The van der Waals surface area contributed by atoms with Crippen LogP contribution in [0.15, 0.2) is 78.9 Å². The first-order valence-corrected chi connectivity index (χ1v) is 17.0. The number of carbonyl (C=O) groups is 4. The van der Waals surface area contributed by atoms with E-state index >= 15 is 0 Å². The summed E-state index contributed by atoms with van der Waals surface area (Å²) in [6, 6.07) is 22.3. The molecular weight excluding hydrogens is 624 g/mol. The van der Waals surface area contributed by atoms with Gasteiger partial charge in [-0.05, 0) is 98.8 Å². The number of hydrogen-bond donors (Lipinski definition) is 5. The topological polar surface area (TPSA) is 155 Å². The third-order valence-corrected chi connectivity index (χ3v) is 8.63. The van der Waals surface area contributed by atoms with E-state index in [0.29, 0.717) is 18.9 Å². The molecule has 0 bridgehead atoms. The summed E-state index contributed by atoms with van der Waals surface area (Å²) < 4.78 is 11.3. The monoisotopic (exact) mass is 672 g/mol. The van der Waals surface area contributed by atoms with Crippen LogP contribution in [0.4, 0.5) is 4.79 Å². The number of amides is 3. The van der Waals surface area contributed by atoms with Gasteiger partial charge in [-0.1, -0.05) is 66.7 Å². The second-order valence-corrected chi connectivity index (χ2v) is 12.4. The lowest BCUT2D eigenvalue weighted by Crippen LogP contribution is -2.54. The molecule has 262 valence electrons. The van der Waals surface area contributed by atoms with Gasteiger partial charge >= 0.3 is 12.1 Å². The Balaban J connectivity index is 1.39. The van der Waals surface area contributed by atoms with Crippen LogP contribution in [0.3, 0.4) is 0 Å². The first kappa shape index (κ1) is 36.9. The zero-order chi connectivity index (χ0) is 34.8. The predicted octanol–water partition coefficient (Wildman–Crippen LogP) is 4.66. The minimum atomic E-state index is -1.23. The third kappa shape index (κ3) is 13.3. The summed E-state index contributed by atoms with van der Waals surface area (Å²) in [4.78, 5) is 51.1. The van der Waals surface area contributed by atoms with Gasteiger partial charge in [-0.15, -0.1) is 0 Å². The number of ether oxygens (including phenoxy) is 2. The van der Waals surface area contributed by atoms with E-state index < -0.39 is 36.0 Å². The Hall–Kier alpha value is -4.90. The standard InChI is InChI=1S/C38H48N4O7/c1-27-14-16-32(48-22-20-29-13-8-21-39-24-29)23-31(27)25-40-36(45)33(17-15-28-9-4-2-5-10-28)41-37(46)34(18-19-35(43)44)42-38(47)49-26-30-11-6-3-7-12-30/h2-7,9-12,14,16,23,29,33-34,39H,8,13,15,17-22,24-26H2,1H3,(H,40,45)(H,41,46)(H,42,47)(H,43,44)/t29?,33-,34-/m0/s1. The predicted molar refractivity (Wildman–Crippen MR) is 186 cm³/mol. The second kappa shape index (κ2) is 19.8. The van der Waals surface area contributed by atoms with Crippen LogP contribution in [0.5, 0.6) is 5.75 Å². The summed E-state index contributed by atoms with van der Waals surface area (Å²) in [5.41, 5.74) is 3.62. The molecule has 1 aliphatic heterocycles. The van der Waals surface area contributed by atoms with Gasteiger partial charge in [0.25, 0.3) is 0 Å². The van der Waals surface area contributed by atoms with Crippen LogP contribution in [0.25, 0.3) is 0 Å². The van der Waals surface area contributed by atoms with Crippen molar-refractivity contribution in [3.63, 3.8) is 0 Å². The molecule has 11 heteroatoms. The van der Waals surface area contributed by atoms with Crippen LogP contribution < -0.4 is 26.0 Å². The number of piperidine rings is 1. The van der Waals surface area contributed by atoms with E-state index in [0.717, 1.165) is 47.5 Å². The van der Waals surface area contributed by atoms with Crippen LogP contribution in [-0.2, 0) is 38.7 Å². The molecule has 1 unspecified atom stereocenters. The van der Waals surface area contributed by atoms with E-state index in [2.05, 4.69) is 21.3 Å². The van der Waals surface area contributed by atoms with E-state index in [1.165, 1.54) is 12.8 Å². The molecule has 0 aliphatic carbocycles. The summed E-state index contributed by atoms with van der Waals surface area (Å²) in [7, 11) is 0. The molecule has 0 aromatic heterocycles. The van der Waals surface area contributed by atoms with Crippen LogP contribution in [-0.4, -0.2) is 60.8 Å². The quantitative estimate of drug-likeness (QED) is 0.131. The van der Waals surface area contributed by atoms with Gasteiger partial charge in [0.2, 0.25) is 11.8 Å². The fourth-order valence-electron chi connectivity index (χ4n) is 5.69. The van der Waals surface area contributed by atoms with Crippen LogP contribution in [0, 0.1) is 12.8 Å². The average molecular weight is 673 g/mol. The van der Waals surface area contributed by atoms with Crippen molar-refractivity contribution in [2.75, 3.05) is 19.7 Å². The number of rotatable bonds is 18. The Morgan fingerprint density at radius 2 is 1.61 bits per heavy atom. The zero-order valence-electron chi connectivity index (χ0n) is 28.1. The van der Waals surface area contributed by atoms with Crippen molar-refractivity contribution in [2.45, 2.75) is 77.1 Å². The van der Waals surface area contributed by atoms with E-state index in [1.807, 2.05) is 73.7 Å². The average Bonchev–Trinajstić information content (AvgIpc) is 3.12. The molecule has 3 aromatic rings.